The van der Waals surface area contributed by atoms with Crippen molar-refractivity contribution in [2.24, 2.45) is 0 Å². The Morgan fingerprint density at radius 1 is 0.926 bits per heavy atom. The molecule has 0 unspecified atom stereocenters. The summed E-state index contributed by atoms with van der Waals surface area (Å²) in [6.45, 7) is 4.70. The summed E-state index contributed by atoms with van der Waals surface area (Å²) in [5, 5.41) is 11.4. The van der Waals surface area contributed by atoms with Crippen LogP contribution in [0.4, 0.5) is 5.69 Å². The maximum Gasteiger partial charge on any atom is 0.274 e. The smallest absolute Gasteiger partial charge is 0.274 e. The lowest BCUT2D eigenvalue weighted by Gasteiger charge is -2.36. The van der Waals surface area contributed by atoms with Crippen LogP contribution >= 0.6 is 0 Å². The highest BCUT2D eigenvalue weighted by atomic mass is 16.5. The third kappa shape index (κ3) is 3.79. The van der Waals surface area contributed by atoms with Gasteiger partial charge < -0.3 is 4.90 Å². The molecule has 4 rings (SSSR count). The highest BCUT2D eigenvalue weighted by molar-refractivity contribution is 5.94. The number of benzene rings is 3. The van der Waals surface area contributed by atoms with Gasteiger partial charge in [0.05, 0.1) is 0 Å². The molecule has 138 valence electrons. The molecule has 1 saturated heterocycles. The Labute approximate surface area is 158 Å². The zero-order chi connectivity index (χ0) is 18.6. The lowest BCUT2D eigenvalue weighted by Crippen LogP contribution is -2.46. The van der Waals surface area contributed by atoms with E-state index in [0.29, 0.717) is 5.56 Å². The van der Waals surface area contributed by atoms with E-state index in [1.807, 2.05) is 18.2 Å². The number of hydrogen-bond donors (Lipinski definition) is 2. The van der Waals surface area contributed by atoms with Gasteiger partial charge in [-0.25, -0.2) is 5.48 Å². The lowest BCUT2D eigenvalue weighted by molar-refractivity contribution is 0.0706. The number of hydroxylamine groups is 1. The predicted octanol–water partition coefficient (Wildman–Crippen LogP) is 3.28. The Balaban J connectivity index is 1.43. The van der Waals surface area contributed by atoms with E-state index < -0.39 is 5.91 Å². The summed E-state index contributed by atoms with van der Waals surface area (Å²) < 4.78 is 0. The number of amides is 1. The van der Waals surface area contributed by atoms with Gasteiger partial charge in [-0.15, -0.1) is 0 Å². The van der Waals surface area contributed by atoms with Crippen molar-refractivity contribution in [1.82, 2.24) is 10.4 Å². The largest absolute Gasteiger partial charge is 0.368 e. The molecule has 3 aromatic carbocycles. The second-order valence-electron chi connectivity index (χ2n) is 6.90. The van der Waals surface area contributed by atoms with Crippen molar-refractivity contribution >= 4 is 22.4 Å². The van der Waals surface area contributed by atoms with E-state index in [9.17, 15) is 4.79 Å². The molecule has 5 heteroatoms. The number of hydrogen-bond acceptors (Lipinski definition) is 4. The molecule has 0 bridgehead atoms. The van der Waals surface area contributed by atoms with Gasteiger partial charge in [-0.05, 0) is 29.1 Å². The van der Waals surface area contributed by atoms with Gasteiger partial charge in [-0.2, -0.15) is 0 Å². The fraction of sp³-hybridized carbons (Fsp3) is 0.227. The molecule has 1 heterocycles. The minimum atomic E-state index is -0.474. The van der Waals surface area contributed by atoms with E-state index in [-0.39, 0.29) is 0 Å². The van der Waals surface area contributed by atoms with E-state index >= 15 is 0 Å². The number of carbonyl (C=O) groups excluding carboxylic acids is 1. The minimum Gasteiger partial charge on any atom is -0.368 e. The van der Waals surface area contributed by atoms with Gasteiger partial charge in [0.25, 0.3) is 5.91 Å². The van der Waals surface area contributed by atoms with Gasteiger partial charge in [-0.1, -0.05) is 48.5 Å². The number of piperazine rings is 1. The average Bonchev–Trinajstić information content (AvgIpc) is 2.73. The molecule has 0 saturated carbocycles. The Bertz CT molecular complexity index is 944. The van der Waals surface area contributed by atoms with E-state index in [2.05, 4.69) is 52.3 Å². The van der Waals surface area contributed by atoms with E-state index in [4.69, 9.17) is 5.21 Å². The first kappa shape index (κ1) is 17.5. The summed E-state index contributed by atoms with van der Waals surface area (Å²) in [6.07, 6.45) is 0. The van der Waals surface area contributed by atoms with Crippen LogP contribution in [-0.4, -0.2) is 42.2 Å². The van der Waals surface area contributed by atoms with Crippen molar-refractivity contribution in [1.29, 1.82) is 0 Å². The molecule has 1 aliphatic heterocycles. The second-order valence-corrected chi connectivity index (χ2v) is 6.90. The molecule has 3 aromatic rings. The van der Waals surface area contributed by atoms with Crippen LogP contribution in [-0.2, 0) is 6.54 Å². The van der Waals surface area contributed by atoms with E-state index in [1.54, 1.807) is 11.5 Å². The number of rotatable bonds is 4. The molecule has 2 N–H and O–H groups in total. The number of fused-ring (bicyclic) bond motifs is 1. The molecule has 1 amide bonds. The van der Waals surface area contributed by atoms with Gasteiger partial charge in [-0.3, -0.25) is 14.9 Å². The molecule has 0 aliphatic carbocycles. The SMILES string of the molecule is O=C(NO)c1cccc(CN2CCN(c3cccc4ccccc34)CC2)c1. The van der Waals surface area contributed by atoms with Crippen LogP contribution in [0.25, 0.3) is 10.8 Å². The van der Waals surface area contributed by atoms with Crippen molar-refractivity contribution < 1.29 is 10.0 Å². The first-order valence-corrected chi connectivity index (χ1v) is 9.23. The van der Waals surface area contributed by atoms with Crippen LogP contribution in [0.2, 0.25) is 0 Å². The van der Waals surface area contributed by atoms with Gasteiger partial charge in [0.1, 0.15) is 0 Å². The third-order valence-electron chi connectivity index (χ3n) is 5.18. The number of carbonyl (C=O) groups is 1. The Kier molecular flexibility index (Phi) is 5.05. The van der Waals surface area contributed by atoms with Crippen LogP contribution in [0.3, 0.4) is 0 Å². The van der Waals surface area contributed by atoms with Gasteiger partial charge in [0, 0.05) is 49.4 Å². The minimum absolute atomic E-state index is 0.474. The Morgan fingerprint density at radius 3 is 2.48 bits per heavy atom. The summed E-state index contributed by atoms with van der Waals surface area (Å²) in [5.41, 5.74) is 4.55. The molecule has 5 nitrogen and oxygen atoms in total. The maximum absolute atomic E-state index is 11.6. The van der Waals surface area contributed by atoms with Gasteiger partial charge >= 0.3 is 0 Å². The first-order valence-electron chi connectivity index (χ1n) is 9.23. The third-order valence-corrected chi connectivity index (χ3v) is 5.18. The highest BCUT2D eigenvalue weighted by Gasteiger charge is 2.19. The van der Waals surface area contributed by atoms with Crippen molar-refractivity contribution in [3.05, 3.63) is 77.9 Å². The summed E-state index contributed by atoms with van der Waals surface area (Å²) in [7, 11) is 0. The van der Waals surface area contributed by atoms with Crippen molar-refractivity contribution in [3.8, 4) is 0 Å². The number of nitrogens with zero attached hydrogens (tertiary/aromatic N) is 2. The molecule has 0 aromatic heterocycles. The van der Waals surface area contributed by atoms with Crippen LogP contribution in [0.5, 0.6) is 0 Å². The molecule has 0 atom stereocenters. The predicted molar refractivity (Wildman–Crippen MR) is 107 cm³/mol. The highest BCUT2D eigenvalue weighted by Crippen LogP contribution is 2.27. The first-order chi connectivity index (χ1) is 13.2. The van der Waals surface area contributed by atoms with E-state index in [0.717, 1.165) is 38.3 Å². The number of nitrogens with one attached hydrogen (secondary N) is 1. The van der Waals surface area contributed by atoms with Gasteiger partial charge in [0.2, 0.25) is 0 Å². The molecular weight excluding hydrogens is 338 g/mol. The quantitative estimate of drug-likeness (QED) is 0.553. The van der Waals surface area contributed by atoms with Crippen molar-refractivity contribution in [2.45, 2.75) is 6.54 Å². The zero-order valence-electron chi connectivity index (χ0n) is 15.1. The Morgan fingerprint density at radius 2 is 1.67 bits per heavy atom. The topological polar surface area (TPSA) is 55.8 Å². The monoisotopic (exact) mass is 361 g/mol. The fourth-order valence-electron chi connectivity index (χ4n) is 3.76. The van der Waals surface area contributed by atoms with Gasteiger partial charge in [0.15, 0.2) is 0 Å². The summed E-state index contributed by atoms with van der Waals surface area (Å²) in [4.78, 5) is 16.4. The van der Waals surface area contributed by atoms with Crippen LogP contribution in [0.1, 0.15) is 15.9 Å². The zero-order valence-corrected chi connectivity index (χ0v) is 15.1. The summed E-state index contributed by atoms with van der Waals surface area (Å²) in [5.74, 6) is -0.474. The molecule has 1 aliphatic rings. The van der Waals surface area contributed by atoms with Crippen LogP contribution in [0.15, 0.2) is 66.7 Å². The summed E-state index contributed by atoms with van der Waals surface area (Å²) >= 11 is 0. The van der Waals surface area contributed by atoms with Crippen LogP contribution in [0, 0.1) is 0 Å². The van der Waals surface area contributed by atoms with Crippen molar-refractivity contribution in [3.63, 3.8) is 0 Å². The lowest BCUT2D eigenvalue weighted by atomic mass is 10.1. The molecule has 0 spiro atoms. The normalized spacial score (nSPS) is 15.1. The van der Waals surface area contributed by atoms with Crippen LogP contribution < -0.4 is 10.4 Å². The molecule has 27 heavy (non-hydrogen) atoms. The molecule has 0 radical (unpaired) electrons. The standard InChI is InChI=1S/C22H23N3O2/c26-22(23-27)19-8-3-5-17(15-19)16-24-11-13-25(14-12-24)21-10-4-7-18-6-1-2-9-20(18)21/h1-10,15,27H,11-14,16H2,(H,23,26). The van der Waals surface area contributed by atoms with Crippen molar-refractivity contribution in [2.75, 3.05) is 31.1 Å². The Hall–Kier alpha value is -2.89. The van der Waals surface area contributed by atoms with E-state index in [1.165, 1.54) is 16.5 Å². The molecular formula is C22H23N3O2. The molecule has 1 fully saturated rings. The fourth-order valence-corrected chi connectivity index (χ4v) is 3.76. The summed E-state index contributed by atoms with van der Waals surface area (Å²) in [6, 6.07) is 22.4. The number of anilines is 1. The average molecular weight is 361 g/mol. The second kappa shape index (κ2) is 7.78. The maximum atomic E-state index is 11.6.